The minimum absolute atomic E-state index is 0.475. The maximum Gasteiger partial charge on any atom is 0.132 e. The third-order valence-corrected chi connectivity index (χ3v) is 9.19. The van der Waals surface area contributed by atoms with Gasteiger partial charge in [0.1, 0.15) is 11.6 Å². The van der Waals surface area contributed by atoms with Gasteiger partial charge in [-0.25, -0.2) is 0 Å². The van der Waals surface area contributed by atoms with E-state index in [-0.39, 0.29) is 0 Å². The molecule has 0 unspecified atom stereocenters. The summed E-state index contributed by atoms with van der Waals surface area (Å²) in [5, 5.41) is 0. The van der Waals surface area contributed by atoms with E-state index in [2.05, 4.69) is 13.8 Å². The average Bonchev–Trinajstić information content (AvgIpc) is 2.72. The number of rotatable bonds is 18. The molecule has 0 atom stereocenters. The van der Waals surface area contributed by atoms with Crippen molar-refractivity contribution in [3.8, 4) is 0 Å². The van der Waals surface area contributed by atoms with E-state index in [1.165, 1.54) is 89.9 Å². The summed E-state index contributed by atoms with van der Waals surface area (Å²) in [6.07, 6.45) is 27.5. The average molecular weight is 445 g/mol. The van der Waals surface area contributed by atoms with E-state index in [4.69, 9.17) is 0 Å². The van der Waals surface area contributed by atoms with Gasteiger partial charge in [0.25, 0.3) is 0 Å². The van der Waals surface area contributed by atoms with Crippen molar-refractivity contribution in [2.45, 2.75) is 155 Å². The molecule has 4 fully saturated rings. The van der Waals surface area contributed by atoms with Crippen LogP contribution in [0.1, 0.15) is 155 Å². The van der Waals surface area contributed by atoms with E-state index in [1.807, 2.05) is 0 Å². The minimum atomic E-state index is 0.475. The fourth-order valence-electron chi connectivity index (χ4n) is 8.39. The zero-order chi connectivity index (χ0) is 22.9. The molecule has 0 heterocycles. The Hall–Kier alpha value is -0.660. The molecule has 0 aliphatic heterocycles. The summed E-state index contributed by atoms with van der Waals surface area (Å²) in [6, 6.07) is 0. The second kappa shape index (κ2) is 12.7. The van der Waals surface area contributed by atoms with Crippen LogP contribution in [0, 0.1) is 22.7 Å². The molecule has 0 saturated heterocycles. The first-order chi connectivity index (χ1) is 15.5. The van der Waals surface area contributed by atoms with E-state index >= 15 is 0 Å². The fraction of sp³-hybridized carbons (Fsp3) is 0.933. The number of hydrogen-bond acceptors (Lipinski definition) is 2. The second-order valence-corrected chi connectivity index (χ2v) is 12.4. The van der Waals surface area contributed by atoms with Crippen molar-refractivity contribution in [2.75, 3.05) is 0 Å². The van der Waals surface area contributed by atoms with Crippen LogP contribution in [-0.4, -0.2) is 11.6 Å². The van der Waals surface area contributed by atoms with Crippen molar-refractivity contribution in [1.29, 1.82) is 0 Å². The number of Topliss-reactive ketones (excluding diaryl/α,β-unsaturated/α-hetero) is 2. The summed E-state index contributed by atoms with van der Waals surface area (Å²) < 4.78 is 0. The van der Waals surface area contributed by atoms with Gasteiger partial charge in [-0.3, -0.25) is 9.59 Å². The Balaban J connectivity index is 1.35. The lowest BCUT2D eigenvalue weighted by molar-refractivity contribution is -0.120. The summed E-state index contributed by atoms with van der Waals surface area (Å²) in [5.41, 5.74) is 1.35. The predicted molar refractivity (Wildman–Crippen MR) is 135 cm³/mol. The zero-order valence-electron chi connectivity index (χ0n) is 21.5. The molecule has 0 N–H and O–H groups in total. The molecule has 0 aromatic heterocycles. The molecule has 0 radical (unpaired) electrons. The lowest BCUT2D eigenvalue weighted by atomic mass is 9.42. The molecule has 2 nitrogen and oxygen atoms in total. The number of carbonyl (C=O) groups is 2. The molecular formula is C30H52O2. The zero-order valence-corrected chi connectivity index (χ0v) is 21.5. The number of hydrogen-bond donors (Lipinski definition) is 0. The monoisotopic (exact) mass is 444 g/mol. The van der Waals surface area contributed by atoms with Gasteiger partial charge in [-0.2, -0.15) is 0 Å². The summed E-state index contributed by atoms with van der Waals surface area (Å²) in [7, 11) is 0. The summed E-state index contributed by atoms with van der Waals surface area (Å²) in [5.74, 6) is 3.00. The highest BCUT2D eigenvalue weighted by atomic mass is 16.1. The van der Waals surface area contributed by atoms with Crippen LogP contribution in [0.5, 0.6) is 0 Å². The van der Waals surface area contributed by atoms with E-state index in [9.17, 15) is 9.59 Å². The van der Waals surface area contributed by atoms with Crippen molar-refractivity contribution in [1.82, 2.24) is 0 Å². The quantitative estimate of drug-likeness (QED) is 0.198. The van der Waals surface area contributed by atoms with E-state index in [0.717, 1.165) is 63.2 Å². The second-order valence-electron chi connectivity index (χ2n) is 12.4. The van der Waals surface area contributed by atoms with Gasteiger partial charge in [0, 0.05) is 25.7 Å². The van der Waals surface area contributed by atoms with Gasteiger partial charge in [-0.05, 0) is 99.7 Å². The Kier molecular flexibility index (Phi) is 10.3. The van der Waals surface area contributed by atoms with Gasteiger partial charge in [-0.15, -0.1) is 0 Å². The number of carbonyl (C=O) groups excluding carboxylic acids is 2. The molecule has 0 aromatic rings. The Morgan fingerprint density at radius 2 is 1.00 bits per heavy atom. The van der Waals surface area contributed by atoms with Crippen LogP contribution < -0.4 is 0 Å². The normalized spacial score (nSPS) is 30.7. The molecule has 0 aromatic carbocycles. The maximum atomic E-state index is 11.7. The van der Waals surface area contributed by atoms with E-state index in [1.54, 1.807) is 0 Å². The number of ketones is 2. The summed E-state index contributed by atoms with van der Waals surface area (Å²) >= 11 is 0. The first-order valence-electron chi connectivity index (χ1n) is 14.5. The van der Waals surface area contributed by atoms with Gasteiger partial charge in [-0.1, -0.05) is 52.4 Å². The Morgan fingerprint density at radius 3 is 1.41 bits per heavy atom. The summed E-state index contributed by atoms with van der Waals surface area (Å²) in [6.45, 7) is 4.21. The molecule has 4 aliphatic rings. The van der Waals surface area contributed by atoms with Gasteiger partial charge in [0.05, 0.1) is 0 Å². The van der Waals surface area contributed by atoms with Gasteiger partial charge < -0.3 is 0 Å². The molecule has 32 heavy (non-hydrogen) atoms. The fourth-order valence-corrected chi connectivity index (χ4v) is 8.39. The maximum absolute atomic E-state index is 11.7. The van der Waals surface area contributed by atoms with Crippen LogP contribution in [0.4, 0.5) is 0 Å². The lowest BCUT2D eigenvalue weighted by Gasteiger charge is -2.63. The molecule has 2 heteroatoms. The predicted octanol–water partition coefficient (Wildman–Crippen LogP) is 8.99. The highest BCUT2D eigenvalue weighted by Crippen LogP contribution is 2.68. The Labute approximate surface area is 199 Å². The third-order valence-electron chi connectivity index (χ3n) is 9.19. The highest BCUT2D eigenvalue weighted by molar-refractivity contribution is 5.78. The van der Waals surface area contributed by atoms with Crippen LogP contribution >= 0.6 is 0 Å². The van der Waals surface area contributed by atoms with Crippen molar-refractivity contribution in [3.05, 3.63) is 0 Å². The van der Waals surface area contributed by atoms with Crippen LogP contribution in [0.25, 0.3) is 0 Å². The molecule has 4 rings (SSSR count). The van der Waals surface area contributed by atoms with E-state index in [0.29, 0.717) is 22.4 Å². The molecule has 4 saturated carbocycles. The van der Waals surface area contributed by atoms with Crippen molar-refractivity contribution in [2.24, 2.45) is 22.7 Å². The Bertz CT molecular complexity index is 530. The van der Waals surface area contributed by atoms with Crippen LogP contribution in [0.2, 0.25) is 0 Å². The SMILES string of the molecule is CCCC(=O)CCCCCCC12CC3CC(C1)CC(CCCCCCC(=O)CCC)(C3)C2. The first-order valence-corrected chi connectivity index (χ1v) is 14.5. The molecule has 0 amide bonds. The van der Waals surface area contributed by atoms with Crippen LogP contribution in [-0.2, 0) is 9.59 Å². The van der Waals surface area contributed by atoms with Crippen LogP contribution in [0.15, 0.2) is 0 Å². The molecule has 0 spiro atoms. The molecule has 4 bridgehead atoms. The van der Waals surface area contributed by atoms with Gasteiger partial charge in [0.2, 0.25) is 0 Å². The number of unbranched alkanes of at least 4 members (excludes halogenated alkanes) is 6. The third kappa shape index (κ3) is 7.69. The molecular weight excluding hydrogens is 392 g/mol. The first kappa shape index (κ1) is 26.0. The largest absolute Gasteiger partial charge is 0.300 e. The minimum Gasteiger partial charge on any atom is -0.300 e. The van der Waals surface area contributed by atoms with Crippen molar-refractivity contribution >= 4 is 11.6 Å². The Morgan fingerprint density at radius 1 is 0.594 bits per heavy atom. The van der Waals surface area contributed by atoms with Gasteiger partial charge >= 0.3 is 0 Å². The van der Waals surface area contributed by atoms with Crippen molar-refractivity contribution < 1.29 is 9.59 Å². The van der Waals surface area contributed by atoms with Crippen molar-refractivity contribution in [3.63, 3.8) is 0 Å². The molecule has 4 aliphatic carbocycles. The highest BCUT2D eigenvalue weighted by Gasteiger charge is 2.56. The standard InChI is InChI=1S/C30H52O2/c1-3-13-27(31)15-9-5-7-11-17-29-20-25-19-26(21-29)23-30(22-25,24-29)18-12-8-6-10-16-28(32)14-4-2/h25-26H,3-24H2,1-2H3. The van der Waals surface area contributed by atoms with Gasteiger partial charge in [0.15, 0.2) is 0 Å². The van der Waals surface area contributed by atoms with Crippen LogP contribution in [0.3, 0.4) is 0 Å². The van der Waals surface area contributed by atoms with E-state index < -0.39 is 0 Å². The topological polar surface area (TPSA) is 34.1 Å². The molecule has 184 valence electrons. The lowest BCUT2D eigenvalue weighted by Crippen LogP contribution is -2.51. The summed E-state index contributed by atoms with van der Waals surface area (Å²) in [4.78, 5) is 23.5. The smallest absolute Gasteiger partial charge is 0.132 e.